The van der Waals surface area contributed by atoms with Crippen LogP contribution in [0.1, 0.15) is 19.4 Å². The van der Waals surface area contributed by atoms with Crippen molar-refractivity contribution in [3.05, 3.63) is 84.4 Å². The summed E-state index contributed by atoms with van der Waals surface area (Å²) < 4.78 is 32.9. The van der Waals surface area contributed by atoms with Crippen LogP contribution in [0.2, 0.25) is 0 Å². The van der Waals surface area contributed by atoms with E-state index in [0.717, 1.165) is 28.6 Å². The monoisotopic (exact) mass is 494 g/mol. The van der Waals surface area contributed by atoms with Gasteiger partial charge in [-0.2, -0.15) is 5.10 Å². The maximum Gasteiger partial charge on any atom is 0.264 e. The molecule has 9 heteroatoms. The summed E-state index contributed by atoms with van der Waals surface area (Å²) in [6.45, 7) is 5.58. The molecule has 0 bridgehead atoms. The SMILES string of the molecule is CCN(CC)c1ccc(C=NNC(=O)CN(c2ccc(OC)cc2)S(=O)(=O)c2ccccc2)cc1. The van der Waals surface area contributed by atoms with E-state index >= 15 is 0 Å². The topological polar surface area (TPSA) is 91.3 Å². The van der Waals surface area contributed by atoms with Crippen LogP contribution in [0.25, 0.3) is 0 Å². The van der Waals surface area contributed by atoms with Gasteiger partial charge in [-0.25, -0.2) is 13.8 Å². The Morgan fingerprint density at radius 3 is 2.09 bits per heavy atom. The molecule has 0 saturated heterocycles. The highest BCUT2D eigenvalue weighted by molar-refractivity contribution is 7.92. The number of hydrazone groups is 1. The zero-order valence-corrected chi connectivity index (χ0v) is 20.9. The predicted octanol–water partition coefficient (Wildman–Crippen LogP) is 3.89. The van der Waals surface area contributed by atoms with Gasteiger partial charge >= 0.3 is 0 Å². The van der Waals surface area contributed by atoms with E-state index in [1.165, 1.54) is 25.5 Å². The molecule has 3 aromatic carbocycles. The average molecular weight is 495 g/mol. The molecule has 1 amide bonds. The third-order valence-corrected chi connectivity index (χ3v) is 7.19. The van der Waals surface area contributed by atoms with E-state index in [0.29, 0.717) is 11.4 Å². The molecule has 0 fully saturated rings. The van der Waals surface area contributed by atoms with Crippen molar-refractivity contribution < 1.29 is 17.9 Å². The predicted molar refractivity (Wildman–Crippen MR) is 140 cm³/mol. The maximum absolute atomic E-state index is 13.3. The third-order valence-electron chi connectivity index (χ3n) is 5.40. The van der Waals surface area contributed by atoms with E-state index in [-0.39, 0.29) is 4.90 Å². The minimum Gasteiger partial charge on any atom is -0.497 e. The molecular formula is C26H30N4O4S. The molecule has 0 aliphatic rings. The molecule has 0 unspecified atom stereocenters. The largest absolute Gasteiger partial charge is 0.497 e. The lowest BCUT2D eigenvalue weighted by Crippen LogP contribution is -2.39. The Kier molecular flexibility index (Phi) is 8.86. The van der Waals surface area contributed by atoms with E-state index in [2.05, 4.69) is 29.3 Å². The highest BCUT2D eigenvalue weighted by Gasteiger charge is 2.27. The molecule has 35 heavy (non-hydrogen) atoms. The van der Waals surface area contributed by atoms with Crippen molar-refractivity contribution in [1.82, 2.24) is 5.43 Å². The highest BCUT2D eigenvalue weighted by Crippen LogP contribution is 2.25. The van der Waals surface area contributed by atoms with E-state index < -0.39 is 22.5 Å². The van der Waals surface area contributed by atoms with Crippen LogP contribution in [-0.2, 0) is 14.8 Å². The number of nitrogens with zero attached hydrogens (tertiary/aromatic N) is 3. The van der Waals surface area contributed by atoms with Crippen molar-refractivity contribution >= 4 is 33.5 Å². The van der Waals surface area contributed by atoms with Gasteiger partial charge in [0, 0.05) is 18.8 Å². The molecule has 0 spiro atoms. The molecule has 3 rings (SSSR count). The second-order valence-electron chi connectivity index (χ2n) is 7.58. The first kappa shape index (κ1) is 25.8. The molecule has 8 nitrogen and oxygen atoms in total. The van der Waals surface area contributed by atoms with Crippen LogP contribution in [0.5, 0.6) is 5.75 Å². The smallest absolute Gasteiger partial charge is 0.264 e. The van der Waals surface area contributed by atoms with Crippen molar-refractivity contribution in [2.45, 2.75) is 18.7 Å². The molecule has 0 atom stereocenters. The first-order valence-electron chi connectivity index (χ1n) is 11.3. The van der Waals surface area contributed by atoms with Crippen LogP contribution >= 0.6 is 0 Å². The van der Waals surface area contributed by atoms with Crippen LogP contribution in [0.3, 0.4) is 0 Å². The van der Waals surface area contributed by atoms with Crippen molar-refractivity contribution in [1.29, 1.82) is 0 Å². The van der Waals surface area contributed by atoms with E-state index in [4.69, 9.17) is 4.74 Å². The van der Waals surface area contributed by atoms with Gasteiger partial charge in [0.15, 0.2) is 0 Å². The second-order valence-corrected chi connectivity index (χ2v) is 9.44. The van der Waals surface area contributed by atoms with Crippen molar-refractivity contribution in [2.24, 2.45) is 5.10 Å². The maximum atomic E-state index is 13.3. The first-order valence-corrected chi connectivity index (χ1v) is 12.7. The highest BCUT2D eigenvalue weighted by atomic mass is 32.2. The fourth-order valence-electron chi connectivity index (χ4n) is 3.49. The Hall–Kier alpha value is -3.85. The Morgan fingerprint density at radius 2 is 1.51 bits per heavy atom. The van der Waals surface area contributed by atoms with Gasteiger partial charge in [-0.1, -0.05) is 30.3 Å². The quantitative estimate of drug-likeness (QED) is 0.323. The van der Waals surface area contributed by atoms with Crippen molar-refractivity contribution in [3.8, 4) is 5.75 Å². The number of hydrogen-bond donors (Lipinski definition) is 1. The lowest BCUT2D eigenvalue weighted by Gasteiger charge is -2.23. The van der Waals surface area contributed by atoms with Gasteiger partial charge in [-0.3, -0.25) is 9.10 Å². The molecule has 1 N–H and O–H groups in total. The molecule has 0 saturated carbocycles. The summed E-state index contributed by atoms with van der Waals surface area (Å²) >= 11 is 0. The normalized spacial score (nSPS) is 11.3. The number of carbonyl (C=O) groups excluding carboxylic acids is 1. The molecule has 184 valence electrons. The molecule has 0 aromatic heterocycles. The summed E-state index contributed by atoms with van der Waals surface area (Å²) in [4.78, 5) is 15.0. The van der Waals surface area contributed by atoms with Gasteiger partial charge in [0.1, 0.15) is 12.3 Å². The molecule has 3 aromatic rings. The lowest BCUT2D eigenvalue weighted by molar-refractivity contribution is -0.119. The van der Waals surface area contributed by atoms with Crippen LogP contribution in [0.4, 0.5) is 11.4 Å². The summed E-state index contributed by atoms with van der Waals surface area (Å²) in [7, 11) is -2.46. The molecule has 0 aliphatic carbocycles. The average Bonchev–Trinajstić information content (AvgIpc) is 2.89. The Labute approximate surface area is 206 Å². The summed E-state index contributed by atoms with van der Waals surface area (Å²) in [5.41, 5.74) is 4.68. The Bertz CT molecular complexity index is 1220. The third kappa shape index (κ3) is 6.60. The fraction of sp³-hybridized carbons (Fsp3) is 0.231. The molecule has 0 aliphatic heterocycles. The van der Waals surface area contributed by atoms with Gasteiger partial charge in [0.2, 0.25) is 0 Å². The number of methoxy groups -OCH3 is 1. The Morgan fingerprint density at radius 1 is 0.914 bits per heavy atom. The van der Waals surface area contributed by atoms with Crippen LogP contribution in [0.15, 0.2) is 88.9 Å². The van der Waals surface area contributed by atoms with Gasteiger partial charge in [-0.05, 0) is 67.9 Å². The van der Waals surface area contributed by atoms with E-state index in [1.807, 2.05) is 24.3 Å². The van der Waals surface area contributed by atoms with Gasteiger partial charge in [0.05, 0.1) is 23.9 Å². The summed E-state index contributed by atoms with van der Waals surface area (Å²) in [5.74, 6) is 0.00297. The van der Waals surface area contributed by atoms with Crippen LogP contribution in [0, 0.1) is 0 Å². The molecule has 0 heterocycles. The number of rotatable bonds is 11. The number of hydrogen-bond acceptors (Lipinski definition) is 6. The molecule has 0 radical (unpaired) electrons. The number of amides is 1. The second kappa shape index (κ2) is 12.0. The van der Waals surface area contributed by atoms with Crippen molar-refractivity contribution in [3.63, 3.8) is 0 Å². The lowest BCUT2D eigenvalue weighted by atomic mass is 10.2. The zero-order chi connectivity index (χ0) is 25.3. The number of ether oxygens (including phenoxy) is 1. The number of carbonyl (C=O) groups is 1. The zero-order valence-electron chi connectivity index (χ0n) is 20.1. The minimum absolute atomic E-state index is 0.0837. The standard InChI is InChI=1S/C26H30N4O4S/c1-4-29(5-2)22-13-11-21(12-14-22)19-27-28-26(31)20-30(23-15-17-24(34-3)18-16-23)35(32,33)25-9-7-6-8-10-25/h6-19H,4-5,20H2,1-3H3,(H,28,31). The summed E-state index contributed by atoms with van der Waals surface area (Å²) in [6, 6.07) is 22.2. The summed E-state index contributed by atoms with van der Waals surface area (Å²) in [5, 5.41) is 4.01. The van der Waals surface area contributed by atoms with Gasteiger partial charge in [-0.15, -0.1) is 0 Å². The fourth-order valence-corrected chi connectivity index (χ4v) is 4.93. The van der Waals surface area contributed by atoms with Gasteiger partial charge < -0.3 is 9.64 Å². The van der Waals surface area contributed by atoms with Crippen LogP contribution in [-0.4, -0.2) is 47.3 Å². The number of sulfonamides is 1. The summed E-state index contributed by atoms with van der Waals surface area (Å²) in [6.07, 6.45) is 1.52. The first-order chi connectivity index (χ1) is 16.9. The Balaban J connectivity index is 1.75. The van der Waals surface area contributed by atoms with Crippen molar-refractivity contribution in [2.75, 3.05) is 35.9 Å². The van der Waals surface area contributed by atoms with E-state index in [1.54, 1.807) is 42.5 Å². The molecular weight excluding hydrogens is 464 g/mol. The number of anilines is 2. The van der Waals surface area contributed by atoms with E-state index in [9.17, 15) is 13.2 Å². The number of nitrogens with one attached hydrogen (secondary N) is 1. The van der Waals surface area contributed by atoms with Crippen LogP contribution < -0.4 is 19.4 Å². The minimum atomic E-state index is -3.99. The number of benzene rings is 3. The van der Waals surface area contributed by atoms with Gasteiger partial charge in [0.25, 0.3) is 15.9 Å².